The van der Waals surface area contributed by atoms with Gasteiger partial charge < -0.3 is 20.1 Å². The van der Waals surface area contributed by atoms with Gasteiger partial charge in [0.15, 0.2) is 0 Å². The summed E-state index contributed by atoms with van der Waals surface area (Å²) >= 11 is 0. The Morgan fingerprint density at radius 1 is 1.23 bits per heavy atom. The van der Waals surface area contributed by atoms with Crippen molar-refractivity contribution < 1.29 is 24.9 Å². The number of carbonyl (C=O) groups is 1. The lowest BCUT2D eigenvalue weighted by Crippen LogP contribution is -2.54. The van der Waals surface area contributed by atoms with Gasteiger partial charge in [0.05, 0.1) is 6.10 Å². The third-order valence-corrected chi connectivity index (χ3v) is 6.33. The molecule has 5 heteroatoms. The van der Waals surface area contributed by atoms with Crippen LogP contribution >= 0.6 is 0 Å². The van der Waals surface area contributed by atoms with Crippen LogP contribution in [0.15, 0.2) is 29.8 Å². The van der Waals surface area contributed by atoms with Crippen LogP contribution in [0.3, 0.4) is 0 Å². The van der Waals surface area contributed by atoms with Crippen molar-refractivity contribution in [1.29, 1.82) is 0 Å². The van der Waals surface area contributed by atoms with Crippen molar-refractivity contribution in [2.24, 2.45) is 11.3 Å². The monoisotopic (exact) mass is 360 g/mol. The zero-order chi connectivity index (χ0) is 19.1. The Morgan fingerprint density at radius 3 is 2.69 bits per heavy atom. The lowest BCUT2D eigenvalue weighted by Gasteiger charge is -2.51. The number of phenolic OH excluding ortho intramolecular Hbond substituents is 2. The first-order valence-corrected chi connectivity index (χ1v) is 9.25. The van der Waals surface area contributed by atoms with Crippen molar-refractivity contribution in [3.63, 3.8) is 0 Å². The van der Waals surface area contributed by atoms with E-state index in [1.807, 2.05) is 20.8 Å². The number of aromatic hydroxyl groups is 2. The Labute approximate surface area is 154 Å². The topological polar surface area (TPSA) is 87.0 Å². The molecule has 1 aliphatic heterocycles. The second-order valence-electron chi connectivity index (χ2n) is 8.42. The molecule has 1 saturated carbocycles. The molecule has 26 heavy (non-hydrogen) atoms. The maximum Gasteiger partial charge on any atom is 0.334 e. The predicted molar refractivity (Wildman–Crippen MR) is 97.8 cm³/mol. The zero-order valence-corrected chi connectivity index (χ0v) is 15.7. The summed E-state index contributed by atoms with van der Waals surface area (Å²) < 4.78 is 5.91. The van der Waals surface area contributed by atoms with Gasteiger partial charge in [0.1, 0.15) is 17.1 Å². The lowest BCUT2D eigenvalue weighted by atomic mass is 9.59. The minimum Gasteiger partial charge on any atom is -0.508 e. The van der Waals surface area contributed by atoms with Crippen molar-refractivity contribution in [2.75, 3.05) is 0 Å². The van der Waals surface area contributed by atoms with Crippen LogP contribution in [0.1, 0.15) is 52.0 Å². The molecule has 0 spiro atoms. The second-order valence-corrected chi connectivity index (χ2v) is 8.42. The van der Waals surface area contributed by atoms with E-state index in [9.17, 15) is 20.1 Å². The van der Waals surface area contributed by atoms with E-state index in [2.05, 4.69) is 0 Å². The van der Waals surface area contributed by atoms with Crippen LogP contribution in [0.25, 0.3) is 0 Å². The number of aliphatic hydroxyl groups excluding tert-OH is 1. The van der Waals surface area contributed by atoms with Crippen LogP contribution in [-0.4, -0.2) is 33.0 Å². The van der Waals surface area contributed by atoms with E-state index in [4.69, 9.17) is 4.74 Å². The summed E-state index contributed by atoms with van der Waals surface area (Å²) in [5.41, 5.74) is 0.275. The molecule has 3 atom stereocenters. The number of carbonyl (C=O) groups excluding carboxylic acids is 1. The number of esters is 1. The smallest absolute Gasteiger partial charge is 0.334 e. The first-order valence-electron chi connectivity index (χ1n) is 9.25. The van der Waals surface area contributed by atoms with E-state index < -0.39 is 11.7 Å². The quantitative estimate of drug-likeness (QED) is 0.427. The van der Waals surface area contributed by atoms with Crippen molar-refractivity contribution in [1.82, 2.24) is 0 Å². The highest BCUT2D eigenvalue weighted by Crippen LogP contribution is 2.52. The fraction of sp³-hybridized carbons (Fsp3) is 0.571. The summed E-state index contributed by atoms with van der Waals surface area (Å²) in [5, 5.41) is 29.9. The summed E-state index contributed by atoms with van der Waals surface area (Å²) in [6.07, 6.45) is 4.37. The van der Waals surface area contributed by atoms with Gasteiger partial charge in [-0.15, -0.1) is 0 Å². The molecule has 0 aromatic heterocycles. The van der Waals surface area contributed by atoms with E-state index in [1.165, 1.54) is 18.2 Å². The Hall–Kier alpha value is -2.01. The third kappa shape index (κ3) is 3.32. The van der Waals surface area contributed by atoms with Crippen LogP contribution in [0.2, 0.25) is 0 Å². The third-order valence-electron chi connectivity index (χ3n) is 6.33. The Balaban J connectivity index is 1.84. The summed E-state index contributed by atoms with van der Waals surface area (Å²) in [5.74, 6) is -0.0648. The molecular weight excluding hydrogens is 332 g/mol. The zero-order valence-electron chi connectivity index (χ0n) is 15.7. The van der Waals surface area contributed by atoms with Crippen molar-refractivity contribution in [3.05, 3.63) is 35.4 Å². The van der Waals surface area contributed by atoms with Crippen LogP contribution in [0.5, 0.6) is 11.5 Å². The maximum atomic E-state index is 12.7. The highest BCUT2D eigenvalue weighted by Gasteiger charge is 2.54. The Bertz CT molecular complexity index is 736. The molecule has 142 valence electrons. The fourth-order valence-corrected chi connectivity index (χ4v) is 4.62. The van der Waals surface area contributed by atoms with Crippen LogP contribution < -0.4 is 0 Å². The highest BCUT2D eigenvalue weighted by atomic mass is 16.6. The van der Waals surface area contributed by atoms with Crippen molar-refractivity contribution in [2.45, 2.75) is 64.6 Å². The molecule has 5 nitrogen and oxygen atoms in total. The second kappa shape index (κ2) is 6.62. The van der Waals surface area contributed by atoms with E-state index in [1.54, 1.807) is 6.08 Å². The molecule has 3 N–H and O–H groups in total. The van der Waals surface area contributed by atoms with E-state index in [0.29, 0.717) is 36.8 Å². The SMILES string of the molecule is CC12CCC(O)C(C)(C)C1CCC(=CCc1cc(O)ccc1O)C(=O)O2. The molecule has 1 heterocycles. The first kappa shape index (κ1) is 18.8. The van der Waals surface area contributed by atoms with Gasteiger partial charge in [0, 0.05) is 17.1 Å². The summed E-state index contributed by atoms with van der Waals surface area (Å²) in [7, 11) is 0. The average Bonchev–Trinajstić information content (AvgIpc) is 2.69. The average molecular weight is 360 g/mol. The predicted octanol–water partition coefficient (Wildman–Crippen LogP) is 3.46. The molecule has 2 fully saturated rings. The Morgan fingerprint density at radius 2 is 1.96 bits per heavy atom. The summed E-state index contributed by atoms with van der Waals surface area (Å²) in [6.45, 7) is 6.08. The minimum atomic E-state index is -0.567. The number of allylic oxidation sites excluding steroid dienone is 1. The summed E-state index contributed by atoms with van der Waals surface area (Å²) in [6, 6.07) is 4.36. The van der Waals surface area contributed by atoms with Gasteiger partial charge in [0.25, 0.3) is 0 Å². The maximum absolute atomic E-state index is 12.7. The normalized spacial score (nSPS) is 32.6. The molecule has 3 rings (SSSR count). The molecule has 1 aromatic rings. The van der Waals surface area contributed by atoms with Crippen LogP contribution in [-0.2, 0) is 16.0 Å². The van der Waals surface area contributed by atoms with Crippen LogP contribution in [0, 0.1) is 11.3 Å². The minimum absolute atomic E-state index is 0.0777. The van der Waals surface area contributed by atoms with Gasteiger partial charge in [-0.2, -0.15) is 0 Å². The van der Waals surface area contributed by atoms with Gasteiger partial charge in [-0.05, 0) is 62.6 Å². The first-order chi connectivity index (χ1) is 12.1. The molecular formula is C21H28O5. The van der Waals surface area contributed by atoms with Gasteiger partial charge in [0.2, 0.25) is 0 Å². The largest absolute Gasteiger partial charge is 0.508 e. The van der Waals surface area contributed by atoms with E-state index in [0.717, 1.165) is 6.42 Å². The number of rotatable bonds is 2. The molecule has 0 radical (unpaired) electrons. The molecule has 1 saturated heterocycles. The number of hydrogen-bond donors (Lipinski definition) is 3. The number of hydrogen-bond acceptors (Lipinski definition) is 5. The lowest BCUT2D eigenvalue weighted by molar-refractivity contribution is -0.182. The number of fused-ring (bicyclic) bond motifs is 1. The summed E-state index contributed by atoms with van der Waals surface area (Å²) in [4.78, 5) is 12.7. The van der Waals surface area contributed by atoms with Crippen molar-refractivity contribution in [3.8, 4) is 11.5 Å². The standard InChI is InChI=1S/C21H28O5/c1-20(2)17-9-6-13(4-5-14-12-15(22)7-8-16(14)23)19(25)26-21(17,3)11-10-18(20)24/h4,7-8,12,17-18,22-24H,5-6,9-11H2,1-3H3. The molecule has 0 bridgehead atoms. The van der Waals surface area contributed by atoms with Gasteiger partial charge in [-0.1, -0.05) is 19.9 Å². The van der Waals surface area contributed by atoms with Gasteiger partial charge in [-0.3, -0.25) is 0 Å². The molecule has 1 aliphatic carbocycles. The molecule has 0 amide bonds. The van der Waals surface area contributed by atoms with Crippen LogP contribution in [0.4, 0.5) is 0 Å². The highest BCUT2D eigenvalue weighted by molar-refractivity contribution is 5.89. The number of aliphatic hydroxyl groups is 1. The fourth-order valence-electron chi connectivity index (χ4n) is 4.62. The Kier molecular flexibility index (Phi) is 4.78. The van der Waals surface area contributed by atoms with Gasteiger partial charge in [-0.25, -0.2) is 4.79 Å². The molecule has 1 aromatic carbocycles. The number of benzene rings is 1. The van der Waals surface area contributed by atoms with Gasteiger partial charge >= 0.3 is 5.97 Å². The molecule has 2 aliphatic rings. The van der Waals surface area contributed by atoms with Crippen molar-refractivity contribution >= 4 is 5.97 Å². The number of phenols is 2. The number of ether oxygens (including phenoxy) is 1. The van der Waals surface area contributed by atoms with E-state index in [-0.39, 0.29) is 28.8 Å². The molecule has 3 unspecified atom stereocenters. The van der Waals surface area contributed by atoms with E-state index >= 15 is 0 Å².